The Hall–Kier alpha value is -2.59. The SMILES string of the molecule is CCc1cc(Br)ccc1[C@@H](C)COC(=O)Nc1ccc(S(=O)(=O)C2CC2)c(CN(C)C(=O)OC(C)(C)C)c1. The summed E-state index contributed by atoms with van der Waals surface area (Å²) in [6.07, 6.45) is 0.885. The zero-order valence-corrected chi connectivity index (χ0v) is 25.2. The Labute approximate surface area is 234 Å². The third kappa shape index (κ3) is 7.96. The van der Waals surface area contributed by atoms with E-state index in [1.165, 1.54) is 16.5 Å². The second-order valence-corrected chi connectivity index (χ2v) is 13.8. The second kappa shape index (κ2) is 12.1. The first-order chi connectivity index (χ1) is 17.7. The zero-order chi connectivity index (χ0) is 28.3. The monoisotopic (exact) mass is 608 g/mol. The Bertz CT molecular complexity index is 1280. The standard InChI is InChI=1S/C28H37BrN2O6S/c1-7-19-14-21(29)8-12-24(19)18(2)17-36-26(32)30-22-9-13-25(38(34,35)23-10-11-23)20(15-22)16-31(6)27(33)37-28(3,4)5/h8-9,12-15,18,23H,7,10-11,16-17H2,1-6H3,(H,30,32)/t18-/m0/s1. The maximum absolute atomic E-state index is 13.1. The molecule has 0 spiro atoms. The number of hydrogen-bond donors (Lipinski definition) is 1. The highest BCUT2D eigenvalue weighted by Crippen LogP contribution is 2.36. The Kier molecular flexibility index (Phi) is 9.52. The highest BCUT2D eigenvalue weighted by atomic mass is 79.9. The van der Waals surface area contributed by atoms with Crippen LogP contribution in [-0.2, 0) is 32.3 Å². The second-order valence-electron chi connectivity index (χ2n) is 10.7. The highest BCUT2D eigenvalue weighted by Gasteiger charge is 2.38. The van der Waals surface area contributed by atoms with Gasteiger partial charge in [-0.3, -0.25) is 5.32 Å². The number of aryl methyl sites for hydroxylation is 1. The summed E-state index contributed by atoms with van der Waals surface area (Å²) in [6, 6.07) is 10.7. The van der Waals surface area contributed by atoms with Crippen LogP contribution in [0.5, 0.6) is 0 Å². The fourth-order valence-electron chi connectivity index (χ4n) is 4.08. The molecule has 1 N–H and O–H groups in total. The number of nitrogens with zero attached hydrogens (tertiary/aromatic N) is 1. The van der Waals surface area contributed by atoms with Crippen molar-refractivity contribution in [1.82, 2.24) is 4.90 Å². The summed E-state index contributed by atoms with van der Waals surface area (Å²) < 4.78 is 38.0. The first-order valence-corrected chi connectivity index (χ1v) is 15.1. The molecule has 0 aliphatic heterocycles. The molecular formula is C28H37BrN2O6S. The van der Waals surface area contributed by atoms with Gasteiger partial charge in [0.1, 0.15) is 5.60 Å². The van der Waals surface area contributed by atoms with Gasteiger partial charge in [-0.1, -0.05) is 35.8 Å². The number of amides is 2. The third-order valence-corrected chi connectivity index (χ3v) is 9.02. The van der Waals surface area contributed by atoms with Crippen LogP contribution in [0.2, 0.25) is 0 Å². The third-order valence-electron chi connectivity index (χ3n) is 6.17. The summed E-state index contributed by atoms with van der Waals surface area (Å²) in [7, 11) is -1.99. The molecule has 2 amide bonds. The summed E-state index contributed by atoms with van der Waals surface area (Å²) in [5.74, 6) is -0.00657. The molecular weight excluding hydrogens is 572 g/mol. The van der Waals surface area contributed by atoms with Crippen molar-refractivity contribution >= 4 is 43.6 Å². The van der Waals surface area contributed by atoms with E-state index in [9.17, 15) is 18.0 Å². The largest absolute Gasteiger partial charge is 0.449 e. The topological polar surface area (TPSA) is 102 Å². The van der Waals surface area contributed by atoms with Gasteiger partial charge in [0.2, 0.25) is 0 Å². The van der Waals surface area contributed by atoms with E-state index in [1.54, 1.807) is 40.0 Å². The molecule has 1 saturated carbocycles. The molecule has 0 radical (unpaired) electrons. The van der Waals surface area contributed by atoms with Crippen molar-refractivity contribution in [3.8, 4) is 0 Å². The molecule has 2 aromatic rings. The maximum Gasteiger partial charge on any atom is 0.411 e. The number of anilines is 1. The van der Waals surface area contributed by atoms with Crippen LogP contribution in [0.1, 0.15) is 70.1 Å². The lowest BCUT2D eigenvalue weighted by Crippen LogP contribution is -2.34. The van der Waals surface area contributed by atoms with E-state index in [2.05, 4.69) is 34.2 Å². The van der Waals surface area contributed by atoms with E-state index in [4.69, 9.17) is 9.47 Å². The molecule has 208 valence electrons. The Morgan fingerprint density at radius 1 is 1.13 bits per heavy atom. The summed E-state index contributed by atoms with van der Waals surface area (Å²) in [4.78, 5) is 26.6. The number of carbonyl (C=O) groups excluding carboxylic acids is 2. The smallest absolute Gasteiger partial charge is 0.411 e. The molecule has 8 nitrogen and oxygen atoms in total. The van der Waals surface area contributed by atoms with E-state index in [-0.39, 0.29) is 24.0 Å². The lowest BCUT2D eigenvalue weighted by Gasteiger charge is -2.25. The molecule has 3 rings (SSSR count). The summed E-state index contributed by atoms with van der Waals surface area (Å²) in [6.45, 7) is 9.55. The van der Waals surface area contributed by atoms with Gasteiger partial charge >= 0.3 is 12.2 Å². The van der Waals surface area contributed by atoms with E-state index < -0.39 is 32.9 Å². The Balaban J connectivity index is 1.74. The van der Waals surface area contributed by atoms with E-state index in [1.807, 2.05) is 19.1 Å². The summed E-state index contributed by atoms with van der Waals surface area (Å²) in [5.41, 5.74) is 2.39. The molecule has 1 aliphatic carbocycles. The molecule has 0 heterocycles. The summed E-state index contributed by atoms with van der Waals surface area (Å²) in [5, 5.41) is 2.28. The van der Waals surface area contributed by atoms with Crippen LogP contribution in [0.4, 0.5) is 15.3 Å². The zero-order valence-electron chi connectivity index (χ0n) is 22.8. The molecule has 0 bridgehead atoms. The number of nitrogens with one attached hydrogen (secondary N) is 1. The fourth-order valence-corrected chi connectivity index (χ4v) is 6.35. The molecule has 1 aliphatic rings. The van der Waals surface area contributed by atoms with Gasteiger partial charge in [0.05, 0.1) is 23.3 Å². The first-order valence-electron chi connectivity index (χ1n) is 12.7. The van der Waals surface area contributed by atoms with E-state index in [0.717, 1.165) is 16.5 Å². The van der Waals surface area contributed by atoms with Crippen molar-refractivity contribution in [2.24, 2.45) is 0 Å². The predicted molar refractivity (Wildman–Crippen MR) is 151 cm³/mol. The minimum absolute atomic E-state index is 0.00115. The highest BCUT2D eigenvalue weighted by molar-refractivity contribution is 9.10. The number of rotatable bonds is 9. The van der Waals surface area contributed by atoms with Crippen LogP contribution in [0.15, 0.2) is 45.8 Å². The normalized spacial score (nSPS) is 14.5. The molecule has 0 saturated heterocycles. The lowest BCUT2D eigenvalue weighted by atomic mass is 9.95. The van der Waals surface area contributed by atoms with Crippen molar-refractivity contribution in [3.05, 3.63) is 57.6 Å². The average molecular weight is 610 g/mol. The molecule has 38 heavy (non-hydrogen) atoms. The number of hydrogen-bond acceptors (Lipinski definition) is 6. The Morgan fingerprint density at radius 2 is 1.82 bits per heavy atom. The number of halogens is 1. The van der Waals surface area contributed by atoms with Gasteiger partial charge in [0.15, 0.2) is 9.84 Å². The van der Waals surface area contributed by atoms with Crippen LogP contribution in [-0.4, -0.2) is 50.0 Å². The van der Waals surface area contributed by atoms with Crippen molar-refractivity contribution in [2.45, 2.75) is 82.1 Å². The van der Waals surface area contributed by atoms with Gasteiger partial charge in [-0.05, 0) is 87.1 Å². The molecule has 0 unspecified atom stereocenters. The summed E-state index contributed by atoms with van der Waals surface area (Å²) >= 11 is 3.49. The van der Waals surface area contributed by atoms with Gasteiger partial charge in [0, 0.05) is 23.1 Å². The van der Waals surface area contributed by atoms with Crippen LogP contribution in [0.25, 0.3) is 0 Å². The first kappa shape index (κ1) is 30.0. The lowest BCUT2D eigenvalue weighted by molar-refractivity contribution is 0.0283. The number of benzene rings is 2. The Morgan fingerprint density at radius 3 is 2.42 bits per heavy atom. The van der Waals surface area contributed by atoms with Gasteiger partial charge in [-0.15, -0.1) is 0 Å². The molecule has 0 aromatic heterocycles. The average Bonchev–Trinajstić information content (AvgIpc) is 3.67. The van der Waals surface area contributed by atoms with Crippen molar-refractivity contribution in [3.63, 3.8) is 0 Å². The van der Waals surface area contributed by atoms with E-state index >= 15 is 0 Å². The number of carbonyl (C=O) groups is 2. The van der Waals surface area contributed by atoms with Crippen LogP contribution in [0, 0.1) is 0 Å². The molecule has 2 aromatic carbocycles. The minimum Gasteiger partial charge on any atom is -0.449 e. The van der Waals surface area contributed by atoms with Crippen LogP contribution < -0.4 is 5.32 Å². The van der Waals surface area contributed by atoms with Gasteiger partial charge in [0.25, 0.3) is 0 Å². The van der Waals surface area contributed by atoms with Gasteiger partial charge in [-0.25, -0.2) is 18.0 Å². The fraction of sp³-hybridized carbons (Fsp3) is 0.500. The van der Waals surface area contributed by atoms with Gasteiger partial charge < -0.3 is 14.4 Å². The predicted octanol–water partition coefficient (Wildman–Crippen LogP) is 6.67. The van der Waals surface area contributed by atoms with Crippen LogP contribution >= 0.6 is 15.9 Å². The van der Waals surface area contributed by atoms with E-state index in [0.29, 0.717) is 24.1 Å². The van der Waals surface area contributed by atoms with Crippen molar-refractivity contribution in [2.75, 3.05) is 19.0 Å². The number of ether oxygens (including phenoxy) is 2. The maximum atomic E-state index is 13.1. The molecule has 10 heteroatoms. The van der Waals surface area contributed by atoms with Crippen molar-refractivity contribution < 1.29 is 27.5 Å². The number of sulfone groups is 1. The van der Waals surface area contributed by atoms with Crippen LogP contribution in [0.3, 0.4) is 0 Å². The minimum atomic E-state index is -3.54. The molecule has 1 fully saturated rings. The quantitative estimate of drug-likeness (QED) is 0.341. The van der Waals surface area contributed by atoms with Crippen molar-refractivity contribution in [1.29, 1.82) is 0 Å². The molecule has 1 atom stereocenters. The van der Waals surface area contributed by atoms with Gasteiger partial charge in [-0.2, -0.15) is 0 Å².